The van der Waals surface area contributed by atoms with Gasteiger partial charge in [0, 0.05) is 25.1 Å². The van der Waals surface area contributed by atoms with Crippen molar-refractivity contribution in [2.24, 2.45) is 0 Å². The molecule has 0 aliphatic carbocycles. The van der Waals surface area contributed by atoms with Gasteiger partial charge < -0.3 is 14.3 Å². The topological polar surface area (TPSA) is 75.8 Å². The van der Waals surface area contributed by atoms with E-state index < -0.39 is 12.0 Å². The lowest BCUT2D eigenvalue weighted by Crippen LogP contribution is -2.45. The normalized spacial score (nSPS) is 15.7. The van der Waals surface area contributed by atoms with Gasteiger partial charge in [-0.15, -0.1) is 0 Å². The summed E-state index contributed by atoms with van der Waals surface area (Å²) in [7, 11) is 0. The predicted octanol–water partition coefficient (Wildman–Crippen LogP) is 5.05. The van der Waals surface area contributed by atoms with Crippen LogP contribution in [0.5, 0.6) is 5.75 Å². The summed E-state index contributed by atoms with van der Waals surface area (Å²) in [6.07, 6.45) is 3.22. The number of fused-ring (bicyclic) bond motifs is 1. The first-order valence-corrected chi connectivity index (χ1v) is 11.3. The van der Waals surface area contributed by atoms with E-state index >= 15 is 0 Å². The Bertz CT molecular complexity index is 1150. The van der Waals surface area contributed by atoms with Crippen molar-refractivity contribution in [1.82, 2.24) is 9.88 Å². The van der Waals surface area contributed by atoms with Crippen molar-refractivity contribution < 1.29 is 19.1 Å². The summed E-state index contributed by atoms with van der Waals surface area (Å²) in [5.41, 5.74) is 5.23. The molecule has 33 heavy (non-hydrogen) atoms. The lowest BCUT2D eigenvalue weighted by atomic mass is 9.93. The molecule has 1 aromatic heterocycles. The lowest BCUT2D eigenvalue weighted by molar-refractivity contribution is -0.143. The van der Waals surface area contributed by atoms with E-state index in [9.17, 15) is 9.90 Å². The van der Waals surface area contributed by atoms with E-state index in [0.717, 1.165) is 33.9 Å². The number of carboxylic acids is 1. The molecule has 4 rings (SSSR count). The number of carbonyl (C=O) groups is 1. The van der Waals surface area contributed by atoms with Crippen molar-refractivity contribution in [2.75, 3.05) is 13.2 Å². The predicted molar refractivity (Wildman–Crippen MR) is 127 cm³/mol. The Labute approximate surface area is 194 Å². The molecule has 0 spiro atoms. The molecule has 0 unspecified atom stereocenters. The molecule has 6 heteroatoms. The first-order chi connectivity index (χ1) is 15.9. The summed E-state index contributed by atoms with van der Waals surface area (Å²) in [5, 5.41) is 9.67. The maximum Gasteiger partial charge on any atom is 0.321 e. The molecule has 0 saturated carbocycles. The third-order valence-electron chi connectivity index (χ3n) is 5.95. The van der Waals surface area contributed by atoms with Crippen molar-refractivity contribution in [1.29, 1.82) is 0 Å². The SMILES string of the molecule is CC(C)=CCN1Cc2cc(OCCc3nc(-c4ccccc4)oc3C)ccc2C[C@H]1C(=O)O. The Kier molecular flexibility index (Phi) is 6.94. The number of allylic oxidation sites excluding steroid dienone is 1. The molecule has 1 atom stereocenters. The number of hydrogen-bond donors (Lipinski definition) is 1. The molecule has 172 valence electrons. The zero-order valence-electron chi connectivity index (χ0n) is 19.4. The molecule has 0 bridgehead atoms. The van der Waals surface area contributed by atoms with Gasteiger partial charge in [-0.1, -0.05) is 35.9 Å². The van der Waals surface area contributed by atoms with Gasteiger partial charge in [0.15, 0.2) is 0 Å². The molecule has 2 heterocycles. The van der Waals surface area contributed by atoms with Gasteiger partial charge in [-0.2, -0.15) is 0 Å². The van der Waals surface area contributed by atoms with Gasteiger partial charge >= 0.3 is 5.97 Å². The highest BCUT2D eigenvalue weighted by molar-refractivity contribution is 5.74. The summed E-state index contributed by atoms with van der Waals surface area (Å²) in [5.74, 6) is 1.44. The molecule has 0 radical (unpaired) electrons. The Morgan fingerprint density at radius 1 is 1.21 bits per heavy atom. The minimum Gasteiger partial charge on any atom is -0.493 e. The molecule has 6 nitrogen and oxygen atoms in total. The number of oxazole rings is 1. The summed E-state index contributed by atoms with van der Waals surface area (Å²) < 4.78 is 11.9. The number of carboxylic acid groups (broad SMARTS) is 1. The first-order valence-electron chi connectivity index (χ1n) is 11.3. The number of hydrogen-bond acceptors (Lipinski definition) is 5. The van der Waals surface area contributed by atoms with Crippen molar-refractivity contribution in [2.45, 2.75) is 46.2 Å². The molecule has 0 fully saturated rings. The average molecular weight is 447 g/mol. The highest BCUT2D eigenvalue weighted by Crippen LogP contribution is 2.28. The average Bonchev–Trinajstić information content (AvgIpc) is 3.18. The third-order valence-corrected chi connectivity index (χ3v) is 5.95. The zero-order chi connectivity index (χ0) is 23.4. The Balaban J connectivity index is 1.41. The van der Waals surface area contributed by atoms with Crippen LogP contribution >= 0.6 is 0 Å². The van der Waals surface area contributed by atoms with Gasteiger partial charge in [-0.05, 0) is 62.6 Å². The zero-order valence-corrected chi connectivity index (χ0v) is 19.4. The second-order valence-corrected chi connectivity index (χ2v) is 8.69. The molecule has 1 N–H and O–H groups in total. The van der Waals surface area contributed by atoms with Crippen LogP contribution in [0.1, 0.15) is 36.4 Å². The molecule has 1 aliphatic heterocycles. The number of aliphatic carboxylic acids is 1. The van der Waals surface area contributed by atoms with Crippen molar-refractivity contribution in [3.8, 4) is 17.2 Å². The Hall–Kier alpha value is -3.38. The molecular weight excluding hydrogens is 416 g/mol. The summed E-state index contributed by atoms with van der Waals surface area (Å²) >= 11 is 0. The van der Waals surface area contributed by atoms with Gasteiger partial charge in [0.2, 0.25) is 5.89 Å². The van der Waals surface area contributed by atoms with E-state index in [-0.39, 0.29) is 0 Å². The molecule has 1 aliphatic rings. The standard InChI is InChI=1S/C27H30N2O4/c1-18(2)11-13-29-17-22-15-23(10-9-21(22)16-25(29)27(30)31)32-14-12-24-19(3)33-26(28-24)20-7-5-4-6-8-20/h4-11,15,25H,12-14,16-17H2,1-3H3,(H,30,31)/t25-/m0/s1. The van der Waals surface area contributed by atoms with Crippen molar-refractivity contribution >= 4 is 5.97 Å². The maximum atomic E-state index is 11.8. The van der Waals surface area contributed by atoms with Gasteiger partial charge in [0.25, 0.3) is 0 Å². The second-order valence-electron chi connectivity index (χ2n) is 8.69. The minimum atomic E-state index is -0.777. The number of nitrogens with zero attached hydrogens (tertiary/aromatic N) is 2. The highest BCUT2D eigenvalue weighted by atomic mass is 16.5. The number of rotatable bonds is 8. The first kappa shape index (κ1) is 22.8. The number of ether oxygens (including phenoxy) is 1. The summed E-state index contributed by atoms with van der Waals surface area (Å²) in [6.45, 7) is 7.68. The van der Waals surface area contributed by atoms with E-state index in [1.54, 1.807) is 0 Å². The van der Waals surface area contributed by atoms with E-state index in [2.05, 4.69) is 11.1 Å². The van der Waals surface area contributed by atoms with Crippen LogP contribution in [0.25, 0.3) is 11.5 Å². The molecule has 2 aromatic carbocycles. The fourth-order valence-corrected chi connectivity index (χ4v) is 4.07. The number of aromatic nitrogens is 1. The van der Waals surface area contributed by atoms with E-state index in [1.165, 1.54) is 5.57 Å². The Morgan fingerprint density at radius 2 is 2.00 bits per heavy atom. The van der Waals surface area contributed by atoms with Crippen molar-refractivity contribution in [3.63, 3.8) is 0 Å². The number of benzene rings is 2. The van der Waals surface area contributed by atoms with Crippen LogP contribution in [0.3, 0.4) is 0 Å². The van der Waals surface area contributed by atoms with Gasteiger partial charge in [-0.25, -0.2) is 4.98 Å². The van der Waals surface area contributed by atoms with Crippen LogP contribution in [0.15, 0.2) is 64.6 Å². The smallest absolute Gasteiger partial charge is 0.321 e. The van der Waals surface area contributed by atoms with Crippen LogP contribution in [-0.2, 0) is 24.2 Å². The molecule has 3 aromatic rings. The summed E-state index contributed by atoms with van der Waals surface area (Å²) in [6, 6.07) is 15.3. The number of aryl methyl sites for hydroxylation is 1. The fraction of sp³-hybridized carbons (Fsp3) is 0.333. The molecule has 0 saturated heterocycles. The van der Waals surface area contributed by atoms with Crippen LogP contribution in [-0.4, -0.2) is 40.2 Å². The maximum absolute atomic E-state index is 11.8. The van der Waals surface area contributed by atoms with Gasteiger partial charge in [0.05, 0.1) is 12.3 Å². The largest absolute Gasteiger partial charge is 0.493 e. The quantitative estimate of drug-likeness (QED) is 0.488. The van der Waals surface area contributed by atoms with Gasteiger partial charge in [0.1, 0.15) is 17.6 Å². The van der Waals surface area contributed by atoms with Crippen molar-refractivity contribution in [3.05, 3.63) is 82.8 Å². The summed E-state index contributed by atoms with van der Waals surface area (Å²) in [4.78, 5) is 18.4. The van der Waals surface area contributed by atoms with Crippen LogP contribution in [0.2, 0.25) is 0 Å². The van der Waals surface area contributed by atoms with Crippen LogP contribution < -0.4 is 4.74 Å². The third kappa shape index (κ3) is 5.52. The second kappa shape index (κ2) is 10.0. The van der Waals surface area contributed by atoms with E-state index in [4.69, 9.17) is 9.15 Å². The van der Waals surface area contributed by atoms with Gasteiger partial charge in [-0.3, -0.25) is 9.69 Å². The minimum absolute atomic E-state index is 0.486. The Morgan fingerprint density at radius 3 is 2.73 bits per heavy atom. The highest BCUT2D eigenvalue weighted by Gasteiger charge is 2.31. The monoisotopic (exact) mass is 446 g/mol. The molecule has 0 amide bonds. The fourth-order valence-electron chi connectivity index (χ4n) is 4.07. The van der Waals surface area contributed by atoms with Crippen LogP contribution in [0, 0.1) is 6.92 Å². The van der Waals surface area contributed by atoms with E-state index in [0.29, 0.717) is 38.4 Å². The lowest BCUT2D eigenvalue weighted by Gasteiger charge is -2.34. The molecular formula is C27H30N2O4. The van der Waals surface area contributed by atoms with E-state index in [1.807, 2.05) is 74.2 Å². The van der Waals surface area contributed by atoms with Crippen LogP contribution in [0.4, 0.5) is 0 Å².